The Kier molecular flexibility index (Phi) is 9.29. The smallest absolute Gasteiger partial charge is 0.244 e. The summed E-state index contributed by atoms with van der Waals surface area (Å²) in [5.41, 5.74) is 8.01. The van der Waals surface area contributed by atoms with Gasteiger partial charge in [-0.25, -0.2) is 0 Å². The SMILES string of the molecule is CCCC(C)(N)C(=O)Nc1cccc(COCc2ccc(OC)cc2)c1.Cl. The van der Waals surface area contributed by atoms with Crippen LogP contribution in [0.4, 0.5) is 5.69 Å². The highest BCUT2D eigenvalue weighted by molar-refractivity contribution is 5.97. The third-order valence-corrected chi connectivity index (χ3v) is 4.17. The molecule has 2 aromatic rings. The second-order valence-corrected chi connectivity index (χ2v) is 6.66. The fourth-order valence-corrected chi connectivity index (χ4v) is 2.65. The van der Waals surface area contributed by atoms with Crippen molar-refractivity contribution in [1.29, 1.82) is 0 Å². The van der Waals surface area contributed by atoms with E-state index in [0.717, 1.165) is 29.0 Å². The predicted octanol–water partition coefficient (Wildman–Crippen LogP) is 4.29. The number of anilines is 1. The zero-order valence-electron chi connectivity index (χ0n) is 16.2. The first-order valence-electron chi connectivity index (χ1n) is 8.84. The molecule has 0 aliphatic rings. The van der Waals surface area contributed by atoms with Crippen LogP contribution >= 0.6 is 12.4 Å². The molecule has 148 valence electrons. The van der Waals surface area contributed by atoms with Gasteiger partial charge in [-0.05, 0) is 48.7 Å². The molecule has 0 aliphatic heterocycles. The number of halogens is 1. The quantitative estimate of drug-likeness (QED) is 0.667. The Morgan fingerprint density at radius 3 is 2.41 bits per heavy atom. The average Bonchev–Trinajstić information content (AvgIpc) is 2.62. The molecule has 0 bridgehead atoms. The molecule has 0 aliphatic carbocycles. The van der Waals surface area contributed by atoms with Gasteiger partial charge < -0.3 is 20.5 Å². The summed E-state index contributed by atoms with van der Waals surface area (Å²) < 4.78 is 10.9. The van der Waals surface area contributed by atoms with E-state index in [4.69, 9.17) is 15.2 Å². The third-order valence-electron chi connectivity index (χ3n) is 4.17. The number of hydrogen-bond donors (Lipinski definition) is 2. The van der Waals surface area contributed by atoms with Gasteiger partial charge in [0.05, 0.1) is 25.9 Å². The summed E-state index contributed by atoms with van der Waals surface area (Å²) in [5, 5.41) is 2.89. The minimum atomic E-state index is -0.865. The summed E-state index contributed by atoms with van der Waals surface area (Å²) >= 11 is 0. The van der Waals surface area contributed by atoms with E-state index in [0.29, 0.717) is 19.6 Å². The minimum Gasteiger partial charge on any atom is -0.497 e. The van der Waals surface area contributed by atoms with Crippen LogP contribution in [0.1, 0.15) is 37.8 Å². The molecule has 1 atom stereocenters. The van der Waals surface area contributed by atoms with Gasteiger partial charge in [0.1, 0.15) is 5.75 Å². The van der Waals surface area contributed by atoms with E-state index in [1.807, 2.05) is 55.5 Å². The Bertz CT molecular complexity index is 718. The molecule has 0 heterocycles. The van der Waals surface area contributed by atoms with E-state index in [1.54, 1.807) is 14.0 Å². The number of ether oxygens (including phenoxy) is 2. The summed E-state index contributed by atoms with van der Waals surface area (Å²) in [5.74, 6) is 0.655. The molecule has 3 N–H and O–H groups in total. The topological polar surface area (TPSA) is 73.6 Å². The zero-order chi connectivity index (χ0) is 19.0. The maximum absolute atomic E-state index is 12.3. The summed E-state index contributed by atoms with van der Waals surface area (Å²) in [6, 6.07) is 15.4. The van der Waals surface area contributed by atoms with E-state index >= 15 is 0 Å². The third kappa shape index (κ3) is 7.21. The molecule has 1 amide bonds. The molecule has 0 aromatic heterocycles. The number of rotatable bonds is 9. The molecule has 6 heteroatoms. The van der Waals surface area contributed by atoms with Crippen LogP contribution in [-0.2, 0) is 22.7 Å². The van der Waals surface area contributed by atoms with Gasteiger partial charge in [-0.3, -0.25) is 4.79 Å². The van der Waals surface area contributed by atoms with Crippen LogP contribution in [0.15, 0.2) is 48.5 Å². The van der Waals surface area contributed by atoms with Crippen molar-refractivity contribution in [2.75, 3.05) is 12.4 Å². The van der Waals surface area contributed by atoms with Crippen molar-refractivity contribution < 1.29 is 14.3 Å². The molecule has 0 spiro atoms. The lowest BCUT2D eigenvalue weighted by molar-refractivity contribution is -0.120. The number of carbonyl (C=O) groups excluding carboxylic acids is 1. The molecule has 27 heavy (non-hydrogen) atoms. The van der Waals surface area contributed by atoms with Crippen molar-refractivity contribution in [2.24, 2.45) is 5.73 Å². The maximum atomic E-state index is 12.3. The van der Waals surface area contributed by atoms with Gasteiger partial charge >= 0.3 is 0 Å². The van der Waals surface area contributed by atoms with Crippen LogP contribution in [0.5, 0.6) is 5.75 Å². The predicted molar refractivity (Wildman–Crippen MR) is 111 cm³/mol. The lowest BCUT2D eigenvalue weighted by atomic mass is 9.96. The fraction of sp³-hybridized carbons (Fsp3) is 0.381. The highest BCUT2D eigenvalue weighted by atomic mass is 35.5. The van der Waals surface area contributed by atoms with Crippen LogP contribution in [0.2, 0.25) is 0 Å². The van der Waals surface area contributed by atoms with Crippen LogP contribution in [0, 0.1) is 0 Å². The molecule has 5 nitrogen and oxygen atoms in total. The minimum absolute atomic E-state index is 0. The number of nitrogens with two attached hydrogens (primary N) is 1. The van der Waals surface area contributed by atoms with Crippen molar-refractivity contribution in [2.45, 2.75) is 45.4 Å². The Morgan fingerprint density at radius 2 is 1.78 bits per heavy atom. The van der Waals surface area contributed by atoms with E-state index < -0.39 is 5.54 Å². The Labute approximate surface area is 167 Å². The second kappa shape index (κ2) is 10.9. The fourth-order valence-electron chi connectivity index (χ4n) is 2.65. The number of nitrogens with one attached hydrogen (secondary N) is 1. The lowest BCUT2D eigenvalue weighted by Crippen LogP contribution is -2.48. The number of benzene rings is 2. The van der Waals surface area contributed by atoms with Crippen LogP contribution in [0.3, 0.4) is 0 Å². The monoisotopic (exact) mass is 392 g/mol. The zero-order valence-corrected chi connectivity index (χ0v) is 17.0. The summed E-state index contributed by atoms with van der Waals surface area (Å²) in [6.45, 7) is 4.75. The van der Waals surface area contributed by atoms with Crippen molar-refractivity contribution in [3.05, 3.63) is 59.7 Å². The largest absolute Gasteiger partial charge is 0.497 e. The molecule has 0 saturated carbocycles. The molecule has 2 rings (SSSR count). The molecular formula is C21H29ClN2O3. The average molecular weight is 393 g/mol. The van der Waals surface area contributed by atoms with Gasteiger partial charge in [0.25, 0.3) is 0 Å². The molecule has 1 unspecified atom stereocenters. The summed E-state index contributed by atoms with van der Waals surface area (Å²) in [6.07, 6.45) is 1.50. The van der Waals surface area contributed by atoms with Gasteiger partial charge in [0.15, 0.2) is 0 Å². The summed E-state index contributed by atoms with van der Waals surface area (Å²) in [4.78, 5) is 12.3. The first-order chi connectivity index (χ1) is 12.4. The van der Waals surface area contributed by atoms with E-state index in [-0.39, 0.29) is 18.3 Å². The Morgan fingerprint density at radius 1 is 1.11 bits per heavy atom. The lowest BCUT2D eigenvalue weighted by Gasteiger charge is -2.23. The number of carbonyl (C=O) groups is 1. The molecular weight excluding hydrogens is 364 g/mol. The molecule has 0 saturated heterocycles. The molecule has 0 fully saturated rings. The first-order valence-corrected chi connectivity index (χ1v) is 8.84. The summed E-state index contributed by atoms with van der Waals surface area (Å²) in [7, 11) is 1.65. The Balaban J connectivity index is 0.00000364. The van der Waals surface area contributed by atoms with Crippen molar-refractivity contribution in [3.63, 3.8) is 0 Å². The van der Waals surface area contributed by atoms with Crippen molar-refractivity contribution in [3.8, 4) is 5.75 Å². The van der Waals surface area contributed by atoms with Gasteiger partial charge in [-0.2, -0.15) is 0 Å². The number of methoxy groups -OCH3 is 1. The normalized spacial score (nSPS) is 12.6. The van der Waals surface area contributed by atoms with E-state index in [1.165, 1.54) is 0 Å². The highest BCUT2D eigenvalue weighted by Crippen LogP contribution is 2.17. The number of amides is 1. The van der Waals surface area contributed by atoms with Gasteiger partial charge in [0, 0.05) is 5.69 Å². The van der Waals surface area contributed by atoms with Crippen molar-refractivity contribution in [1.82, 2.24) is 0 Å². The highest BCUT2D eigenvalue weighted by Gasteiger charge is 2.27. The van der Waals surface area contributed by atoms with E-state index in [9.17, 15) is 4.79 Å². The molecule has 2 aromatic carbocycles. The van der Waals surface area contributed by atoms with Crippen LogP contribution in [-0.4, -0.2) is 18.6 Å². The standard InChI is InChI=1S/C21H28N2O3.ClH/c1-4-12-21(2,22)20(24)23-18-7-5-6-17(13-18)15-26-14-16-8-10-19(25-3)11-9-16;/h5-11,13H,4,12,14-15,22H2,1-3H3,(H,23,24);1H. The second-order valence-electron chi connectivity index (χ2n) is 6.66. The van der Waals surface area contributed by atoms with Crippen LogP contribution in [0.25, 0.3) is 0 Å². The van der Waals surface area contributed by atoms with Crippen molar-refractivity contribution >= 4 is 24.0 Å². The molecule has 0 radical (unpaired) electrons. The number of hydrogen-bond acceptors (Lipinski definition) is 4. The van der Waals surface area contributed by atoms with Gasteiger partial charge in [-0.1, -0.05) is 37.6 Å². The van der Waals surface area contributed by atoms with Gasteiger partial charge in [-0.15, -0.1) is 12.4 Å². The first kappa shape index (κ1) is 23.0. The maximum Gasteiger partial charge on any atom is 0.244 e. The van der Waals surface area contributed by atoms with Crippen LogP contribution < -0.4 is 15.8 Å². The van der Waals surface area contributed by atoms with E-state index in [2.05, 4.69) is 5.32 Å². The Hall–Kier alpha value is -2.08. The van der Waals surface area contributed by atoms with Gasteiger partial charge in [0.2, 0.25) is 5.91 Å².